The van der Waals surface area contributed by atoms with Crippen LogP contribution in [0, 0.1) is 5.41 Å². The molecule has 3 rings (SSSR count). The molecule has 0 aromatic carbocycles. The van der Waals surface area contributed by atoms with Gasteiger partial charge >= 0.3 is 5.97 Å². The van der Waals surface area contributed by atoms with Crippen LogP contribution in [0.5, 0.6) is 0 Å². The Labute approximate surface area is 125 Å². The van der Waals surface area contributed by atoms with Gasteiger partial charge in [0.2, 0.25) is 0 Å². The highest BCUT2D eigenvalue weighted by Gasteiger charge is 2.51. The zero-order chi connectivity index (χ0) is 14.9. The van der Waals surface area contributed by atoms with Gasteiger partial charge in [-0.15, -0.1) is 11.3 Å². The van der Waals surface area contributed by atoms with E-state index in [0.717, 1.165) is 23.4 Å². The number of ether oxygens (including phenoxy) is 1. The van der Waals surface area contributed by atoms with Crippen molar-refractivity contribution in [3.05, 3.63) is 29.3 Å². The molecule has 2 heterocycles. The van der Waals surface area contributed by atoms with Crippen molar-refractivity contribution in [1.29, 1.82) is 0 Å². The Bertz CT molecular complexity index is 659. The summed E-state index contributed by atoms with van der Waals surface area (Å²) >= 11 is 1.38. The van der Waals surface area contributed by atoms with Gasteiger partial charge in [0.25, 0.3) is 5.91 Å². The minimum absolute atomic E-state index is 0.166. The number of esters is 1. The molecule has 21 heavy (non-hydrogen) atoms. The van der Waals surface area contributed by atoms with Crippen molar-refractivity contribution in [3.8, 4) is 10.6 Å². The highest BCUT2D eigenvalue weighted by atomic mass is 32.1. The van der Waals surface area contributed by atoms with Crippen molar-refractivity contribution >= 4 is 23.2 Å². The lowest BCUT2D eigenvalue weighted by Crippen LogP contribution is -2.34. The Morgan fingerprint density at radius 1 is 1.43 bits per heavy atom. The lowest BCUT2D eigenvalue weighted by atomic mass is 10.1. The van der Waals surface area contributed by atoms with Gasteiger partial charge in [0, 0.05) is 12.7 Å². The minimum atomic E-state index is -0.506. The molecule has 1 saturated carbocycles. The van der Waals surface area contributed by atoms with E-state index in [-0.39, 0.29) is 11.9 Å². The maximum atomic E-state index is 12.1. The van der Waals surface area contributed by atoms with Gasteiger partial charge in [-0.2, -0.15) is 5.10 Å². The van der Waals surface area contributed by atoms with Crippen LogP contribution >= 0.6 is 11.3 Å². The van der Waals surface area contributed by atoms with E-state index in [0.29, 0.717) is 11.4 Å². The second kappa shape index (κ2) is 5.33. The number of nitrogens with zero attached hydrogens (tertiary/aromatic N) is 1. The number of aromatic nitrogens is 2. The van der Waals surface area contributed by atoms with Gasteiger partial charge in [-0.1, -0.05) is 0 Å². The summed E-state index contributed by atoms with van der Waals surface area (Å²) in [4.78, 5) is 25.3. The lowest BCUT2D eigenvalue weighted by molar-refractivity contribution is -0.146. The molecule has 0 saturated heterocycles. The van der Waals surface area contributed by atoms with Crippen LogP contribution in [-0.4, -0.2) is 35.7 Å². The molecule has 1 aliphatic carbocycles. The van der Waals surface area contributed by atoms with E-state index in [9.17, 15) is 9.59 Å². The van der Waals surface area contributed by atoms with E-state index >= 15 is 0 Å². The normalized spacial score (nSPS) is 15.5. The summed E-state index contributed by atoms with van der Waals surface area (Å²) in [6.07, 6.45) is 3.20. The zero-order valence-electron chi connectivity index (χ0n) is 11.5. The van der Waals surface area contributed by atoms with Gasteiger partial charge in [0.05, 0.1) is 28.0 Å². The second-order valence-electron chi connectivity index (χ2n) is 5.09. The molecule has 2 aromatic heterocycles. The molecule has 1 aliphatic rings. The summed E-state index contributed by atoms with van der Waals surface area (Å²) in [7, 11) is 1.38. The third-order valence-corrected chi connectivity index (χ3v) is 4.77. The lowest BCUT2D eigenvalue weighted by Gasteiger charge is -2.12. The topological polar surface area (TPSA) is 84.1 Å². The number of methoxy groups -OCH3 is 1. The van der Waals surface area contributed by atoms with Crippen molar-refractivity contribution in [3.63, 3.8) is 0 Å². The Morgan fingerprint density at radius 2 is 2.24 bits per heavy atom. The molecule has 2 aromatic rings. The van der Waals surface area contributed by atoms with Crippen LogP contribution in [0.15, 0.2) is 24.4 Å². The summed E-state index contributed by atoms with van der Waals surface area (Å²) in [5.74, 6) is -0.409. The minimum Gasteiger partial charge on any atom is -0.469 e. The molecular formula is C14H15N3O3S. The van der Waals surface area contributed by atoms with Crippen LogP contribution in [-0.2, 0) is 9.53 Å². The van der Waals surface area contributed by atoms with Crippen molar-refractivity contribution in [2.24, 2.45) is 5.41 Å². The monoisotopic (exact) mass is 305 g/mol. The van der Waals surface area contributed by atoms with E-state index in [1.54, 1.807) is 12.3 Å². The van der Waals surface area contributed by atoms with Gasteiger partial charge in [-0.05, 0) is 31.0 Å². The van der Waals surface area contributed by atoms with Gasteiger partial charge in [0.15, 0.2) is 0 Å². The maximum Gasteiger partial charge on any atom is 0.313 e. The number of carbonyl (C=O) groups is 2. The van der Waals surface area contributed by atoms with E-state index in [1.165, 1.54) is 18.4 Å². The van der Waals surface area contributed by atoms with Gasteiger partial charge in [-0.25, -0.2) is 0 Å². The van der Waals surface area contributed by atoms with Gasteiger partial charge < -0.3 is 10.1 Å². The number of thiophene rings is 1. The van der Waals surface area contributed by atoms with E-state index < -0.39 is 5.41 Å². The van der Waals surface area contributed by atoms with E-state index in [4.69, 9.17) is 4.74 Å². The predicted molar refractivity (Wildman–Crippen MR) is 77.9 cm³/mol. The molecule has 7 heteroatoms. The first-order valence-electron chi connectivity index (χ1n) is 6.61. The summed E-state index contributed by atoms with van der Waals surface area (Å²) in [5, 5.41) is 9.57. The Morgan fingerprint density at radius 3 is 2.86 bits per heavy atom. The largest absolute Gasteiger partial charge is 0.469 e. The van der Waals surface area contributed by atoms with E-state index in [2.05, 4.69) is 15.5 Å². The third-order valence-electron chi connectivity index (χ3n) is 3.66. The number of H-pyrrole nitrogens is 1. The fraction of sp³-hybridized carbons (Fsp3) is 0.357. The number of hydrogen-bond acceptors (Lipinski definition) is 5. The summed E-state index contributed by atoms with van der Waals surface area (Å²) in [5.41, 5.74) is 0.376. The van der Waals surface area contributed by atoms with Crippen LogP contribution in [0.1, 0.15) is 22.5 Å². The number of amides is 1. The first-order valence-corrected chi connectivity index (χ1v) is 7.42. The first-order chi connectivity index (χ1) is 10.1. The summed E-state index contributed by atoms with van der Waals surface area (Å²) < 4.78 is 4.77. The third kappa shape index (κ3) is 2.69. The van der Waals surface area contributed by atoms with Crippen molar-refractivity contribution < 1.29 is 14.3 Å². The highest BCUT2D eigenvalue weighted by Crippen LogP contribution is 2.46. The number of nitrogens with one attached hydrogen (secondary N) is 2. The molecule has 0 aliphatic heterocycles. The zero-order valence-corrected chi connectivity index (χ0v) is 12.3. The Kier molecular flexibility index (Phi) is 3.50. The van der Waals surface area contributed by atoms with Crippen LogP contribution in [0.4, 0.5) is 0 Å². The molecule has 0 bridgehead atoms. The molecule has 6 nitrogen and oxygen atoms in total. The number of carbonyl (C=O) groups excluding carboxylic acids is 2. The molecule has 110 valence electrons. The SMILES string of the molecule is COC(=O)C1(CNC(=O)c2ccc(-c3ccn[nH]3)s2)CC1. The molecular weight excluding hydrogens is 290 g/mol. The van der Waals surface area contributed by atoms with Gasteiger partial charge in [-0.3, -0.25) is 14.7 Å². The molecule has 1 amide bonds. The molecule has 1 fully saturated rings. The molecule has 2 N–H and O–H groups in total. The standard InChI is InChI=1S/C14H15N3O3S/c1-20-13(19)14(5-6-14)8-15-12(18)11-3-2-10(21-11)9-4-7-16-17-9/h2-4,7H,5-6,8H2,1H3,(H,15,18)(H,16,17). The number of rotatable bonds is 5. The fourth-order valence-corrected chi connectivity index (χ4v) is 3.05. The fourth-order valence-electron chi connectivity index (χ4n) is 2.15. The summed E-state index contributed by atoms with van der Waals surface area (Å²) in [6, 6.07) is 5.50. The van der Waals surface area contributed by atoms with Crippen molar-refractivity contribution in [2.45, 2.75) is 12.8 Å². The Balaban J connectivity index is 1.63. The highest BCUT2D eigenvalue weighted by molar-refractivity contribution is 7.17. The molecule has 0 radical (unpaired) electrons. The smallest absolute Gasteiger partial charge is 0.313 e. The van der Waals surface area contributed by atoms with Gasteiger partial charge in [0.1, 0.15) is 0 Å². The molecule has 0 atom stereocenters. The second-order valence-corrected chi connectivity index (χ2v) is 6.17. The Hall–Kier alpha value is -2.15. The average Bonchev–Trinajstić information content (AvgIpc) is 2.95. The summed E-state index contributed by atoms with van der Waals surface area (Å²) in [6.45, 7) is 0.329. The van der Waals surface area contributed by atoms with E-state index in [1.807, 2.05) is 12.1 Å². The average molecular weight is 305 g/mol. The molecule has 0 spiro atoms. The number of aromatic amines is 1. The maximum absolute atomic E-state index is 12.1. The quantitative estimate of drug-likeness (QED) is 0.825. The predicted octanol–water partition coefficient (Wildman–Crippen LogP) is 1.82. The van der Waals surface area contributed by atoms with Crippen LogP contribution < -0.4 is 5.32 Å². The number of hydrogen-bond donors (Lipinski definition) is 2. The molecule has 0 unspecified atom stereocenters. The van der Waals surface area contributed by atoms with Crippen molar-refractivity contribution in [1.82, 2.24) is 15.5 Å². The van der Waals surface area contributed by atoms with Crippen LogP contribution in [0.2, 0.25) is 0 Å². The van der Waals surface area contributed by atoms with Crippen molar-refractivity contribution in [2.75, 3.05) is 13.7 Å². The van der Waals surface area contributed by atoms with Crippen LogP contribution in [0.25, 0.3) is 10.6 Å². The first kappa shape index (κ1) is 13.8. The van der Waals surface area contributed by atoms with Crippen LogP contribution in [0.3, 0.4) is 0 Å².